The number of ether oxygens (including phenoxy) is 3. The summed E-state index contributed by atoms with van der Waals surface area (Å²) in [6, 6.07) is 7.66. The van der Waals surface area contributed by atoms with Crippen molar-refractivity contribution in [2.45, 2.75) is 45.1 Å². The topological polar surface area (TPSA) is 64.1 Å². The Kier molecular flexibility index (Phi) is 8.72. The van der Waals surface area contributed by atoms with E-state index in [1.54, 1.807) is 21.3 Å². The van der Waals surface area contributed by atoms with Crippen molar-refractivity contribution >= 4 is 5.96 Å². The van der Waals surface area contributed by atoms with Crippen LogP contribution in [0.25, 0.3) is 0 Å². The molecule has 6 heteroatoms. The van der Waals surface area contributed by atoms with Gasteiger partial charge in [0.1, 0.15) is 17.6 Å². The van der Waals surface area contributed by atoms with E-state index >= 15 is 0 Å². The molecule has 0 bridgehead atoms. The van der Waals surface area contributed by atoms with Crippen LogP contribution >= 0.6 is 0 Å². The van der Waals surface area contributed by atoms with Gasteiger partial charge in [-0.3, -0.25) is 4.99 Å². The van der Waals surface area contributed by atoms with E-state index < -0.39 is 0 Å². The third kappa shape index (κ3) is 6.94. The van der Waals surface area contributed by atoms with Gasteiger partial charge < -0.3 is 24.8 Å². The molecule has 0 heterocycles. The zero-order chi connectivity index (χ0) is 19.5. The molecule has 1 aromatic carbocycles. The van der Waals surface area contributed by atoms with E-state index in [1.165, 1.54) is 25.7 Å². The largest absolute Gasteiger partial charge is 0.497 e. The van der Waals surface area contributed by atoms with Gasteiger partial charge in [0.2, 0.25) is 0 Å². The van der Waals surface area contributed by atoms with Crippen molar-refractivity contribution in [2.75, 3.05) is 41.0 Å². The van der Waals surface area contributed by atoms with Crippen molar-refractivity contribution in [3.63, 3.8) is 0 Å². The third-order valence-electron chi connectivity index (χ3n) is 5.29. The summed E-state index contributed by atoms with van der Waals surface area (Å²) in [4.78, 5) is 4.35. The Morgan fingerprint density at radius 1 is 1.19 bits per heavy atom. The van der Waals surface area contributed by atoms with Gasteiger partial charge in [0.05, 0.1) is 13.7 Å². The molecule has 1 aliphatic carbocycles. The van der Waals surface area contributed by atoms with Gasteiger partial charge in [-0.1, -0.05) is 18.9 Å². The first-order chi connectivity index (χ1) is 13.1. The lowest BCUT2D eigenvalue weighted by atomic mass is 9.83. The number of aliphatic imine (C=N–C) groups is 1. The molecular formula is C21H35N3O3. The maximum atomic E-state index is 5.96. The highest BCUT2D eigenvalue weighted by atomic mass is 16.5. The molecule has 1 atom stereocenters. The second kappa shape index (κ2) is 11.0. The molecule has 1 saturated carbocycles. The quantitative estimate of drug-likeness (QED) is 0.484. The van der Waals surface area contributed by atoms with Crippen LogP contribution in [-0.2, 0) is 4.74 Å². The Labute approximate surface area is 163 Å². The number of benzene rings is 1. The second-order valence-electron chi connectivity index (χ2n) is 7.36. The zero-order valence-corrected chi connectivity index (χ0v) is 17.2. The zero-order valence-electron chi connectivity index (χ0n) is 17.2. The number of methoxy groups -OCH3 is 2. The van der Waals surface area contributed by atoms with Crippen molar-refractivity contribution in [1.82, 2.24) is 10.6 Å². The van der Waals surface area contributed by atoms with Crippen LogP contribution in [0.1, 0.15) is 39.0 Å². The van der Waals surface area contributed by atoms with Gasteiger partial charge in [-0.15, -0.1) is 0 Å². The number of nitrogens with one attached hydrogen (secondary N) is 2. The molecular weight excluding hydrogens is 342 g/mol. The minimum Gasteiger partial charge on any atom is -0.497 e. The van der Waals surface area contributed by atoms with E-state index in [0.717, 1.165) is 37.0 Å². The highest BCUT2D eigenvalue weighted by Crippen LogP contribution is 2.40. The lowest BCUT2D eigenvalue weighted by Gasteiger charge is -2.30. The van der Waals surface area contributed by atoms with Crippen LogP contribution in [0.15, 0.2) is 29.3 Å². The van der Waals surface area contributed by atoms with Crippen LogP contribution in [0.5, 0.6) is 11.5 Å². The minimum atomic E-state index is 0.00425. The highest BCUT2D eigenvalue weighted by Gasteiger charge is 2.33. The van der Waals surface area contributed by atoms with Crippen LogP contribution in [0.3, 0.4) is 0 Å². The van der Waals surface area contributed by atoms with Crippen LogP contribution in [0, 0.1) is 5.41 Å². The average molecular weight is 378 g/mol. The van der Waals surface area contributed by atoms with Crippen LogP contribution in [0.2, 0.25) is 0 Å². The van der Waals surface area contributed by atoms with Crippen LogP contribution < -0.4 is 20.1 Å². The standard InChI is InChI=1S/C21H35N3O3/c1-17(27-19-9-7-8-18(14-19)26-4)15-23-20(22-2)24-16-21(12-13-25-3)10-5-6-11-21/h7-9,14,17H,5-6,10-13,15-16H2,1-4H3,(H2,22,23,24). The Morgan fingerprint density at radius 2 is 1.93 bits per heavy atom. The molecule has 2 rings (SSSR count). The molecule has 152 valence electrons. The van der Waals surface area contributed by atoms with E-state index in [2.05, 4.69) is 15.6 Å². The number of hydrogen-bond donors (Lipinski definition) is 2. The highest BCUT2D eigenvalue weighted by molar-refractivity contribution is 5.79. The van der Waals surface area contributed by atoms with E-state index in [-0.39, 0.29) is 6.10 Å². The summed E-state index contributed by atoms with van der Waals surface area (Å²) in [5, 5.41) is 6.87. The van der Waals surface area contributed by atoms with Gasteiger partial charge in [0.25, 0.3) is 0 Å². The summed E-state index contributed by atoms with van der Waals surface area (Å²) in [6.07, 6.45) is 6.24. The maximum Gasteiger partial charge on any atom is 0.191 e. The van der Waals surface area contributed by atoms with E-state index in [0.29, 0.717) is 12.0 Å². The Morgan fingerprint density at radius 3 is 2.59 bits per heavy atom. The molecule has 27 heavy (non-hydrogen) atoms. The average Bonchev–Trinajstić information content (AvgIpc) is 3.16. The summed E-state index contributed by atoms with van der Waals surface area (Å²) in [5.74, 6) is 2.42. The summed E-state index contributed by atoms with van der Waals surface area (Å²) in [7, 11) is 5.24. The first kappa shape index (κ1) is 21.4. The second-order valence-corrected chi connectivity index (χ2v) is 7.36. The molecule has 6 nitrogen and oxygen atoms in total. The molecule has 1 aliphatic rings. The van der Waals surface area contributed by atoms with Gasteiger partial charge in [-0.05, 0) is 43.7 Å². The molecule has 0 spiro atoms. The van der Waals surface area contributed by atoms with Crippen molar-refractivity contribution in [3.8, 4) is 11.5 Å². The lowest BCUT2D eigenvalue weighted by Crippen LogP contribution is -2.45. The number of hydrogen-bond acceptors (Lipinski definition) is 4. The molecule has 0 amide bonds. The molecule has 0 saturated heterocycles. The predicted molar refractivity (Wildman–Crippen MR) is 110 cm³/mol. The molecule has 2 N–H and O–H groups in total. The monoisotopic (exact) mass is 377 g/mol. The summed E-state index contributed by atoms with van der Waals surface area (Å²) in [5.41, 5.74) is 0.330. The van der Waals surface area contributed by atoms with Crippen LogP contribution in [-0.4, -0.2) is 53.0 Å². The fourth-order valence-corrected chi connectivity index (χ4v) is 3.64. The molecule has 0 aromatic heterocycles. The fraction of sp³-hybridized carbons (Fsp3) is 0.667. The SMILES string of the molecule is CN=C(NCC(C)Oc1cccc(OC)c1)NCC1(CCOC)CCCC1. The first-order valence-electron chi connectivity index (χ1n) is 9.85. The number of guanidine groups is 1. The summed E-state index contributed by atoms with van der Waals surface area (Å²) < 4.78 is 16.5. The molecule has 1 fully saturated rings. The molecule has 0 radical (unpaired) electrons. The van der Waals surface area contributed by atoms with Gasteiger partial charge in [0, 0.05) is 33.4 Å². The van der Waals surface area contributed by atoms with Crippen molar-refractivity contribution in [2.24, 2.45) is 10.4 Å². The van der Waals surface area contributed by atoms with Crippen LogP contribution in [0.4, 0.5) is 0 Å². The normalized spacial score (nSPS) is 17.4. The van der Waals surface area contributed by atoms with Crippen molar-refractivity contribution < 1.29 is 14.2 Å². The Balaban J connectivity index is 1.78. The van der Waals surface area contributed by atoms with E-state index in [9.17, 15) is 0 Å². The van der Waals surface area contributed by atoms with Gasteiger partial charge >= 0.3 is 0 Å². The fourth-order valence-electron chi connectivity index (χ4n) is 3.64. The number of nitrogens with zero attached hydrogens (tertiary/aromatic N) is 1. The summed E-state index contributed by atoms with van der Waals surface area (Å²) in [6.45, 7) is 4.46. The Bertz CT molecular complexity index is 586. The van der Waals surface area contributed by atoms with E-state index in [4.69, 9.17) is 14.2 Å². The smallest absolute Gasteiger partial charge is 0.191 e. The Hall–Kier alpha value is -1.95. The predicted octanol–water partition coefficient (Wildman–Crippen LogP) is 3.22. The maximum absolute atomic E-state index is 5.96. The molecule has 1 unspecified atom stereocenters. The van der Waals surface area contributed by atoms with Gasteiger partial charge in [0.15, 0.2) is 5.96 Å². The lowest BCUT2D eigenvalue weighted by molar-refractivity contribution is 0.138. The minimum absolute atomic E-state index is 0.00425. The van der Waals surface area contributed by atoms with Crippen molar-refractivity contribution in [3.05, 3.63) is 24.3 Å². The molecule has 0 aliphatic heterocycles. The van der Waals surface area contributed by atoms with Gasteiger partial charge in [-0.2, -0.15) is 0 Å². The summed E-state index contributed by atoms with van der Waals surface area (Å²) >= 11 is 0. The van der Waals surface area contributed by atoms with E-state index in [1.807, 2.05) is 31.2 Å². The number of rotatable bonds is 10. The third-order valence-corrected chi connectivity index (χ3v) is 5.29. The first-order valence-corrected chi connectivity index (χ1v) is 9.85. The van der Waals surface area contributed by atoms with Gasteiger partial charge in [-0.25, -0.2) is 0 Å². The molecule has 1 aromatic rings. The van der Waals surface area contributed by atoms with Crippen molar-refractivity contribution in [1.29, 1.82) is 0 Å².